The Balaban J connectivity index is 1.82. The predicted molar refractivity (Wildman–Crippen MR) is 116 cm³/mol. The second kappa shape index (κ2) is 8.70. The van der Waals surface area contributed by atoms with Gasteiger partial charge in [0.1, 0.15) is 11.3 Å². The number of benzene rings is 1. The zero-order valence-corrected chi connectivity index (χ0v) is 17.1. The van der Waals surface area contributed by atoms with Gasteiger partial charge in [0.25, 0.3) is 0 Å². The van der Waals surface area contributed by atoms with Crippen LogP contribution in [0.2, 0.25) is 0 Å². The van der Waals surface area contributed by atoms with Gasteiger partial charge in [-0.15, -0.1) is 0 Å². The molecule has 3 N–H and O–H groups in total. The summed E-state index contributed by atoms with van der Waals surface area (Å²) >= 11 is 0. The minimum absolute atomic E-state index is 0.105. The van der Waals surface area contributed by atoms with E-state index in [0.717, 1.165) is 11.1 Å². The number of urea groups is 1. The molecule has 1 aromatic carbocycles. The van der Waals surface area contributed by atoms with E-state index in [2.05, 4.69) is 25.6 Å². The maximum absolute atomic E-state index is 12.0. The minimum Gasteiger partial charge on any atom is -0.460 e. The average molecular weight is 419 g/mol. The fourth-order valence-electron chi connectivity index (χ4n) is 3.17. The molecule has 4 aromatic rings. The van der Waals surface area contributed by atoms with Crippen LogP contribution in [-0.4, -0.2) is 40.1 Å². The molecule has 9 heteroatoms. The molecule has 3 heterocycles. The van der Waals surface area contributed by atoms with Crippen LogP contribution < -0.4 is 10.6 Å². The van der Waals surface area contributed by atoms with Gasteiger partial charge in [0.2, 0.25) is 11.7 Å². The van der Waals surface area contributed by atoms with Crippen LogP contribution in [0.4, 0.5) is 10.7 Å². The molecule has 0 aliphatic rings. The van der Waals surface area contributed by atoms with Crippen molar-refractivity contribution in [2.45, 2.75) is 13.8 Å². The van der Waals surface area contributed by atoms with Crippen LogP contribution in [0.15, 0.2) is 53.2 Å². The number of carbonyl (C=O) groups is 2. The number of carbonyl (C=O) groups excluding carboxylic acids is 2. The first-order chi connectivity index (χ1) is 15.1. The lowest BCUT2D eigenvalue weighted by atomic mass is 10.0. The Morgan fingerprint density at radius 1 is 1.16 bits per heavy atom. The van der Waals surface area contributed by atoms with Crippen LogP contribution in [0, 0.1) is 0 Å². The maximum Gasteiger partial charge on any atom is 0.374 e. The molecular weight excluding hydrogens is 398 g/mol. The van der Waals surface area contributed by atoms with Crippen molar-refractivity contribution in [1.29, 1.82) is 0 Å². The maximum atomic E-state index is 12.0. The van der Waals surface area contributed by atoms with Crippen molar-refractivity contribution in [3.63, 3.8) is 0 Å². The van der Waals surface area contributed by atoms with Gasteiger partial charge in [-0.25, -0.2) is 14.6 Å². The zero-order chi connectivity index (χ0) is 21.8. The van der Waals surface area contributed by atoms with Gasteiger partial charge in [0.05, 0.1) is 12.1 Å². The van der Waals surface area contributed by atoms with E-state index in [4.69, 9.17) is 9.15 Å². The number of hydrogen-bond donors (Lipinski definition) is 3. The van der Waals surface area contributed by atoms with Crippen molar-refractivity contribution >= 4 is 29.0 Å². The van der Waals surface area contributed by atoms with Crippen molar-refractivity contribution in [3.8, 4) is 22.5 Å². The number of ether oxygens (including phenoxy) is 1. The third-order valence-corrected chi connectivity index (χ3v) is 4.50. The van der Waals surface area contributed by atoms with E-state index in [1.807, 2.05) is 31.2 Å². The molecule has 0 aliphatic heterocycles. The minimum atomic E-state index is -0.533. The number of nitrogens with one attached hydrogen (secondary N) is 3. The molecule has 0 saturated carbocycles. The molecule has 0 aliphatic carbocycles. The molecule has 4 rings (SSSR count). The summed E-state index contributed by atoms with van der Waals surface area (Å²) in [5.41, 5.74) is 3.71. The number of amides is 2. The van der Waals surface area contributed by atoms with Crippen LogP contribution in [0.1, 0.15) is 24.4 Å². The van der Waals surface area contributed by atoms with E-state index < -0.39 is 5.97 Å². The summed E-state index contributed by atoms with van der Waals surface area (Å²) in [4.78, 5) is 35.8. The molecule has 158 valence electrons. The number of furan rings is 1. The van der Waals surface area contributed by atoms with Crippen molar-refractivity contribution in [1.82, 2.24) is 20.3 Å². The Kier molecular flexibility index (Phi) is 5.65. The first-order valence-electron chi connectivity index (χ1n) is 9.85. The van der Waals surface area contributed by atoms with E-state index in [0.29, 0.717) is 34.9 Å². The SMILES string of the molecule is CCNC(=O)Nc1nc2c(-c3ccc(C(=O)OCC)o3)cc(-c3cccnc3)cc2[nH]1. The molecule has 9 nitrogen and oxygen atoms in total. The van der Waals surface area contributed by atoms with Gasteiger partial charge in [-0.2, -0.15) is 0 Å². The van der Waals surface area contributed by atoms with Gasteiger partial charge in [-0.05, 0) is 49.7 Å². The standard InChI is InChI=1S/C22H21N5O4/c1-3-24-22(29)27-21-25-16-11-14(13-6-5-9-23-12-13)10-15(19(16)26-21)17-7-8-18(31-17)20(28)30-4-2/h5-12H,3-4H2,1-2H3,(H3,24,25,26,27,29). The Bertz CT molecular complexity index is 1230. The second-order valence-corrected chi connectivity index (χ2v) is 6.62. The number of pyridine rings is 1. The molecule has 0 radical (unpaired) electrons. The molecular formula is C22H21N5O4. The van der Waals surface area contributed by atoms with Gasteiger partial charge >= 0.3 is 12.0 Å². The van der Waals surface area contributed by atoms with Crippen molar-refractivity contribution in [3.05, 3.63) is 54.6 Å². The lowest BCUT2D eigenvalue weighted by molar-refractivity contribution is 0.0491. The number of fused-ring (bicyclic) bond motifs is 1. The molecule has 0 atom stereocenters. The molecule has 0 fully saturated rings. The number of esters is 1. The Hall–Kier alpha value is -4.14. The summed E-state index contributed by atoms with van der Waals surface area (Å²) in [6, 6.07) is 10.5. The van der Waals surface area contributed by atoms with Gasteiger partial charge in [-0.3, -0.25) is 10.3 Å². The number of anilines is 1. The molecule has 0 saturated heterocycles. The molecule has 31 heavy (non-hydrogen) atoms. The summed E-state index contributed by atoms with van der Waals surface area (Å²) in [6.45, 7) is 4.31. The topological polar surface area (TPSA) is 122 Å². The summed E-state index contributed by atoms with van der Waals surface area (Å²) in [7, 11) is 0. The fraction of sp³-hybridized carbons (Fsp3) is 0.182. The van der Waals surface area contributed by atoms with Crippen LogP contribution in [0.3, 0.4) is 0 Å². The fourth-order valence-corrected chi connectivity index (χ4v) is 3.17. The Morgan fingerprint density at radius 3 is 2.77 bits per heavy atom. The van der Waals surface area contributed by atoms with Crippen molar-refractivity contribution in [2.24, 2.45) is 0 Å². The van der Waals surface area contributed by atoms with E-state index >= 15 is 0 Å². The normalized spacial score (nSPS) is 10.8. The largest absolute Gasteiger partial charge is 0.460 e. The highest BCUT2D eigenvalue weighted by molar-refractivity contribution is 5.98. The molecule has 3 aromatic heterocycles. The number of nitrogens with zero attached hydrogens (tertiary/aromatic N) is 2. The lowest BCUT2D eigenvalue weighted by Crippen LogP contribution is -2.28. The highest BCUT2D eigenvalue weighted by Gasteiger charge is 2.18. The first kappa shape index (κ1) is 20.1. The van der Waals surface area contributed by atoms with E-state index in [1.54, 1.807) is 31.5 Å². The summed E-state index contributed by atoms with van der Waals surface area (Å²) in [6.07, 6.45) is 3.45. The van der Waals surface area contributed by atoms with Crippen molar-refractivity contribution < 1.29 is 18.7 Å². The highest BCUT2D eigenvalue weighted by atomic mass is 16.5. The highest BCUT2D eigenvalue weighted by Crippen LogP contribution is 2.34. The number of imidazole rings is 1. The van der Waals surface area contributed by atoms with E-state index in [9.17, 15) is 9.59 Å². The van der Waals surface area contributed by atoms with Gasteiger partial charge < -0.3 is 19.5 Å². The zero-order valence-electron chi connectivity index (χ0n) is 17.1. The van der Waals surface area contributed by atoms with Gasteiger partial charge in [-0.1, -0.05) is 6.07 Å². The van der Waals surface area contributed by atoms with Crippen LogP contribution in [0.25, 0.3) is 33.5 Å². The first-order valence-corrected chi connectivity index (χ1v) is 9.85. The average Bonchev–Trinajstić information content (AvgIpc) is 3.41. The number of aromatic amines is 1. The second-order valence-electron chi connectivity index (χ2n) is 6.62. The molecule has 0 bridgehead atoms. The van der Waals surface area contributed by atoms with Crippen molar-refractivity contribution in [2.75, 3.05) is 18.5 Å². The number of aromatic nitrogens is 3. The molecule has 0 unspecified atom stereocenters. The predicted octanol–water partition coefficient (Wildman–Crippen LogP) is 4.20. The Morgan fingerprint density at radius 2 is 2.03 bits per heavy atom. The third-order valence-electron chi connectivity index (χ3n) is 4.50. The van der Waals surface area contributed by atoms with E-state index in [1.165, 1.54) is 0 Å². The quantitative estimate of drug-likeness (QED) is 0.403. The Labute approximate surface area is 177 Å². The lowest BCUT2D eigenvalue weighted by Gasteiger charge is -2.05. The van der Waals surface area contributed by atoms with Gasteiger partial charge in [0.15, 0.2) is 0 Å². The van der Waals surface area contributed by atoms with Crippen LogP contribution in [-0.2, 0) is 4.74 Å². The smallest absolute Gasteiger partial charge is 0.374 e. The van der Waals surface area contributed by atoms with Crippen LogP contribution >= 0.6 is 0 Å². The van der Waals surface area contributed by atoms with Crippen LogP contribution in [0.5, 0.6) is 0 Å². The molecule has 0 spiro atoms. The monoisotopic (exact) mass is 419 g/mol. The summed E-state index contributed by atoms with van der Waals surface area (Å²) in [5.74, 6) is 0.319. The van der Waals surface area contributed by atoms with E-state index in [-0.39, 0.29) is 18.4 Å². The van der Waals surface area contributed by atoms with Gasteiger partial charge in [0, 0.05) is 30.1 Å². The summed E-state index contributed by atoms with van der Waals surface area (Å²) in [5, 5.41) is 5.34. The number of H-pyrrole nitrogens is 1. The number of rotatable bonds is 6. The third kappa shape index (κ3) is 4.25. The molecule has 2 amide bonds. The summed E-state index contributed by atoms with van der Waals surface area (Å²) < 4.78 is 10.8. The number of hydrogen-bond acceptors (Lipinski definition) is 6.